The number of piperazine rings is 1. The average Bonchev–Trinajstić information content (AvgIpc) is 2.86. The fourth-order valence-electron chi connectivity index (χ4n) is 4.90. The van der Waals surface area contributed by atoms with Crippen LogP contribution < -0.4 is 0 Å². The van der Waals surface area contributed by atoms with Crippen molar-refractivity contribution < 1.29 is 22.7 Å². The Hall–Kier alpha value is -2.36. The Kier molecular flexibility index (Phi) is 8.35. The second-order valence-electron chi connectivity index (χ2n) is 10.9. The summed E-state index contributed by atoms with van der Waals surface area (Å²) in [5, 5.41) is 2.31. The first kappa shape index (κ1) is 27.7. The lowest BCUT2D eigenvalue weighted by molar-refractivity contribution is -0.132. The van der Waals surface area contributed by atoms with Gasteiger partial charge in [0, 0.05) is 50.7 Å². The summed E-state index contributed by atoms with van der Waals surface area (Å²) in [7, 11) is -3.65. The number of ether oxygens (including phenoxy) is 1. The van der Waals surface area contributed by atoms with E-state index in [9.17, 15) is 18.0 Å². The van der Waals surface area contributed by atoms with Crippen molar-refractivity contribution in [2.45, 2.75) is 57.0 Å². The first-order valence-corrected chi connectivity index (χ1v) is 14.7. The first-order chi connectivity index (χ1) is 17.4. The fourth-order valence-corrected chi connectivity index (χ4v) is 6.54. The van der Waals surface area contributed by atoms with Crippen molar-refractivity contribution in [1.82, 2.24) is 14.1 Å². The van der Waals surface area contributed by atoms with Crippen molar-refractivity contribution in [3.05, 3.63) is 41.4 Å². The van der Waals surface area contributed by atoms with Crippen LogP contribution >= 0.6 is 11.6 Å². The lowest BCUT2D eigenvalue weighted by atomic mass is 9.92. The minimum atomic E-state index is -3.65. The maximum absolute atomic E-state index is 13.2. The highest BCUT2D eigenvalue weighted by atomic mass is 35.5. The van der Waals surface area contributed by atoms with Crippen LogP contribution in [-0.2, 0) is 19.6 Å². The summed E-state index contributed by atoms with van der Waals surface area (Å²) in [5.74, 6) is 0.460. The maximum Gasteiger partial charge on any atom is 0.410 e. The molecule has 2 fully saturated rings. The first-order valence-electron chi connectivity index (χ1n) is 12.9. The molecule has 0 saturated carbocycles. The fraction of sp³-hybridized carbons (Fsp3) is 0.556. The Morgan fingerprint density at radius 1 is 0.919 bits per heavy atom. The summed E-state index contributed by atoms with van der Waals surface area (Å²) in [5.41, 5.74) is -0.506. The van der Waals surface area contributed by atoms with E-state index in [1.165, 1.54) is 4.31 Å². The Morgan fingerprint density at radius 3 is 2.19 bits per heavy atom. The molecule has 0 bridgehead atoms. The predicted octanol–water partition coefficient (Wildman–Crippen LogP) is 4.75. The Bertz CT molecular complexity index is 1240. The SMILES string of the molecule is CC(C)(C)OC(=O)N1CCC(CCC(=O)N2CCN(S(=O)(=O)c3ccc4cc(Cl)ccc4c3)CC2)CC1. The summed E-state index contributed by atoms with van der Waals surface area (Å²) in [6.07, 6.45) is 2.66. The zero-order valence-electron chi connectivity index (χ0n) is 21.8. The van der Waals surface area contributed by atoms with Crippen LogP contribution in [0.2, 0.25) is 5.02 Å². The van der Waals surface area contributed by atoms with Gasteiger partial charge in [0.25, 0.3) is 0 Å². The van der Waals surface area contributed by atoms with E-state index in [2.05, 4.69) is 0 Å². The minimum absolute atomic E-state index is 0.0641. The molecule has 2 aromatic rings. The van der Waals surface area contributed by atoms with Gasteiger partial charge in [-0.15, -0.1) is 0 Å². The van der Waals surface area contributed by atoms with E-state index in [-0.39, 0.29) is 30.0 Å². The molecule has 8 nitrogen and oxygen atoms in total. The van der Waals surface area contributed by atoms with Crippen LogP contribution in [0.1, 0.15) is 46.5 Å². The van der Waals surface area contributed by atoms with Gasteiger partial charge in [-0.1, -0.05) is 23.7 Å². The number of sulfonamides is 1. The standard InChI is InChI=1S/C27H36ClN3O5S/c1-27(2,3)36-26(33)30-12-10-20(11-13-30)4-9-25(32)29-14-16-31(17-15-29)37(34,35)24-8-6-21-18-23(28)7-5-22(21)19-24/h5-8,18-20H,4,9-17H2,1-3H3. The van der Waals surface area contributed by atoms with Gasteiger partial charge >= 0.3 is 6.09 Å². The zero-order chi connectivity index (χ0) is 26.8. The van der Waals surface area contributed by atoms with Crippen LogP contribution in [0.25, 0.3) is 10.8 Å². The second-order valence-corrected chi connectivity index (χ2v) is 13.3. The van der Waals surface area contributed by atoms with Gasteiger partial charge in [-0.25, -0.2) is 13.2 Å². The Morgan fingerprint density at radius 2 is 1.54 bits per heavy atom. The van der Waals surface area contributed by atoms with Crippen molar-refractivity contribution in [1.29, 1.82) is 0 Å². The number of halogens is 1. The third-order valence-corrected chi connectivity index (χ3v) is 9.17. The number of likely N-dealkylation sites (tertiary alicyclic amines) is 1. The molecule has 2 aliphatic rings. The van der Waals surface area contributed by atoms with Crippen LogP contribution in [0.5, 0.6) is 0 Å². The lowest BCUT2D eigenvalue weighted by Gasteiger charge is -2.35. The highest BCUT2D eigenvalue weighted by Gasteiger charge is 2.31. The molecule has 37 heavy (non-hydrogen) atoms. The largest absolute Gasteiger partial charge is 0.444 e. The Labute approximate surface area is 224 Å². The van der Waals surface area contributed by atoms with Crippen molar-refractivity contribution in [3.63, 3.8) is 0 Å². The van der Waals surface area contributed by atoms with Gasteiger partial charge in [0.15, 0.2) is 0 Å². The zero-order valence-corrected chi connectivity index (χ0v) is 23.4. The number of hydrogen-bond donors (Lipinski definition) is 0. The molecular weight excluding hydrogens is 514 g/mol. The maximum atomic E-state index is 13.2. The highest BCUT2D eigenvalue weighted by molar-refractivity contribution is 7.89. The van der Waals surface area contributed by atoms with Gasteiger partial charge in [-0.3, -0.25) is 4.79 Å². The van der Waals surface area contributed by atoms with Gasteiger partial charge in [0.2, 0.25) is 15.9 Å². The van der Waals surface area contributed by atoms with Gasteiger partial charge in [0.05, 0.1) is 4.90 Å². The molecule has 0 aromatic heterocycles. The number of nitrogens with zero attached hydrogens (tertiary/aromatic N) is 3. The molecule has 2 aliphatic heterocycles. The normalized spacial score (nSPS) is 18.3. The predicted molar refractivity (Wildman–Crippen MR) is 144 cm³/mol. The smallest absolute Gasteiger partial charge is 0.410 e. The molecule has 0 radical (unpaired) electrons. The number of piperidine rings is 1. The van der Waals surface area contributed by atoms with E-state index in [0.29, 0.717) is 43.5 Å². The molecule has 0 N–H and O–H groups in total. The van der Waals surface area contributed by atoms with E-state index >= 15 is 0 Å². The van der Waals surface area contributed by atoms with Crippen LogP contribution in [-0.4, -0.2) is 79.4 Å². The lowest BCUT2D eigenvalue weighted by Crippen LogP contribution is -2.50. The summed E-state index contributed by atoms with van der Waals surface area (Å²) in [6, 6.07) is 10.4. The van der Waals surface area contributed by atoms with Gasteiger partial charge in [-0.2, -0.15) is 4.31 Å². The summed E-state index contributed by atoms with van der Waals surface area (Å²) < 4.78 is 33.3. The van der Waals surface area contributed by atoms with Crippen molar-refractivity contribution in [2.75, 3.05) is 39.3 Å². The van der Waals surface area contributed by atoms with Crippen LogP contribution in [0.3, 0.4) is 0 Å². The minimum Gasteiger partial charge on any atom is -0.444 e. The highest BCUT2D eigenvalue weighted by Crippen LogP contribution is 2.26. The molecular formula is C27H36ClN3O5S. The van der Waals surface area contributed by atoms with Gasteiger partial charge in [0.1, 0.15) is 5.60 Å². The molecule has 2 heterocycles. The monoisotopic (exact) mass is 549 g/mol. The van der Waals surface area contributed by atoms with Crippen molar-refractivity contribution in [2.24, 2.45) is 5.92 Å². The van der Waals surface area contributed by atoms with E-state index in [1.54, 1.807) is 34.1 Å². The van der Waals surface area contributed by atoms with Crippen LogP contribution in [0.4, 0.5) is 4.79 Å². The third-order valence-electron chi connectivity index (χ3n) is 7.04. The van der Waals surface area contributed by atoms with E-state index in [4.69, 9.17) is 16.3 Å². The van der Waals surface area contributed by atoms with Gasteiger partial charge in [-0.05, 0) is 81.0 Å². The average molecular weight is 550 g/mol. The number of benzene rings is 2. The molecule has 2 saturated heterocycles. The molecule has 202 valence electrons. The molecule has 0 aliphatic carbocycles. The Balaban J connectivity index is 1.24. The van der Waals surface area contributed by atoms with Crippen molar-refractivity contribution >= 4 is 44.4 Å². The number of rotatable bonds is 5. The number of carbonyl (C=O) groups excluding carboxylic acids is 2. The third kappa shape index (κ3) is 6.94. The quantitative estimate of drug-likeness (QED) is 0.537. The summed E-state index contributed by atoms with van der Waals surface area (Å²) in [4.78, 5) is 28.8. The van der Waals surface area contributed by atoms with E-state index in [1.807, 2.05) is 32.9 Å². The molecule has 0 unspecified atom stereocenters. The van der Waals surface area contributed by atoms with Gasteiger partial charge < -0.3 is 14.5 Å². The van der Waals surface area contributed by atoms with E-state index < -0.39 is 15.6 Å². The number of hydrogen-bond acceptors (Lipinski definition) is 5. The molecule has 2 aromatic carbocycles. The topological polar surface area (TPSA) is 87.2 Å². The molecule has 0 atom stereocenters. The van der Waals surface area contributed by atoms with Crippen LogP contribution in [0, 0.1) is 5.92 Å². The molecule has 2 amide bonds. The molecule has 0 spiro atoms. The molecule has 10 heteroatoms. The number of amides is 2. The van der Waals surface area contributed by atoms with Crippen molar-refractivity contribution in [3.8, 4) is 0 Å². The summed E-state index contributed by atoms with van der Waals surface area (Å²) in [6.45, 7) is 8.20. The summed E-state index contributed by atoms with van der Waals surface area (Å²) >= 11 is 6.03. The number of carbonyl (C=O) groups is 2. The second kappa shape index (κ2) is 11.2. The van der Waals surface area contributed by atoms with Crippen LogP contribution in [0.15, 0.2) is 41.3 Å². The number of fused-ring (bicyclic) bond motifs is 1. The van der Waals surface area contributed by atoms with E-state index in [0.717, 1.165) is 30.0 Å². The molecule has 4 rings (SSSR count).